The number of benzene rings is 1. The molecule has 0 saturated carbocycles. The van der Waals surface area contributed by atoms with E-state index in [1.54, 1.807) is 7.05 Å². The van der Waals surface area contributed by atoms with Crippen molar-refractivity contribution in [3.63, 3.8) is 0 Å². The molecule has 0 spiro atoms. The summed E-state index contributed by atoms with van der Waals surface area (Å²) >= 11 is 0. The summed E-state index contributed by atoms with van der Waals surface area (Å²) in [5.74, 6) is -1.32. The fourth-order valence-electron chi connectivity index (χ4n) is 2.22. The van der Waals surface area contributed by atoms with E-state index in [1.165, 1.54) is 4.90 Å². The Hall–Kier alpha value is -2.06. The highest BCUT2D eigenvalue weighted by Gasteiger charge is 2.27. The molecule has 1 aliphatic rings. The summed E-state index contributed by atoms with van der Waals surface area (Å²) < 4.78 is 19.2. The monoisotopic (exact) mass is 297 g/mol. The van der Waals surface area contributed by atoms with E-state index in [4.69, 9.17) is 4.74 Å². The van der Waals surface area contributed by atoms with E-state index in [0.29, 0.717) is 26.2 Å². The van der Waals surface area contributed by atoms with Crippen LogP contribution in [0.4, 0.5) is 10.1 Å². The first-order valence-corrected chi connectivity index (χ1v) is 6.52. The van der Waals surface area contributed by atoms with Crippen molar-refractivity contribution in [2.24, 2.45) is 0 Å². The van der Waals surface area contributed by atoms with E-state index >= 15 is 0 Å². The second-order valence-corrected chi connectivity index (χ2v) is 4.72. The number of non-ortho nitro benzene ring substituents is 1. The molecule has 1 unspecified atom stereocenters. The van der Waals surface area contributed by atoms with Crippen molar-refractivity contribution < 1.29 is 18.8 Å². The van der Waals surface area contributed by atoms with Gasteiger partial charge in [0.05, 0.1) is 23.2 Å². The minimum absolute atomic E-state index is 0.172. The summed E-state index contributed by atoms with van der Waals surface area (Å²) in [6, 6.07) is 2.95. The number of hydrogen-bond donors (Lipinski definition) is 1. The molecule has 0 radical (unpaired) electrons. The number of nitro benzene ring substituents is 1. The van der Waals surface area contributed by atoms with Gasteiger partial charge in [0.25, 0.3) is 11.6 Å². The molecule has 21 heavy (non-hydrogen) atoms. The number of rotatable bonds is 4. The van der Waals surface area contributed by atoms with E-state index < -0.39 is 16.6 Å². The van der Waals surface area contributed by atoms with Gasteiger partial charge in [0.15, 0.2) is 0 Å². The highest BCUT2D eigenvalue weighted by molar-refractivity contribution is 5.95. The second kappa shape index (κ2) is 6.59. The zero-order chi connectivity index (χ0) is 15.4. The van der Waals surface area contributed by atoms with Crippen molar-refractivity contribution in [3.05, 3.63) is 39.7 Å². The Kier molecular flexibility index (Phi) is 4.81. The Balaban J connectivity index is 2.19. The molecule has 1 aliphatic heterocycles. The second-order valence-electron chi connectivity index (χ2n) is 4.72. The highest BCUT2D eigenvalue weighted by atomic mass is 19.1. The fourth-order valence-corrected chi connectivity index (χ4v) is 2.22. The first-order chi connectivity index (χ1) is 10.0. The smallest absolute Gasteiger partial charge is 0.270 e. The van der Waals surface area contributed by atoms with Crippen LogP contribution < -0.4 is 5.32 Å². The standard InChI is InChI=1S/C13H16FN3O4/c1-15-7-10-8-16(4-5-21-10)13(18)11-6-9(17(19)20)2-3-12(11)14/h2-3,6,10,15H,4-5,7-8H2,1H3. The number of nitrogens with one attached hydrogen (secondary N) is 1. The quantitative estimate of drug-likeness (QED) is 0.656. The summed E-state index contributed by atoms with van der Waals surface area (Å²) in [6.45, 7) is 1.58. The molecule has 1 amide bonds. The third-order valence-corrected chi connectivity index (χ3v) is 3.25. The third kappa shape index (κ3) is 3.53. The number of nitro groups is 1. The summed E-state index contributed by atoms with van der Waals surface area (Å²) in [4.78, 5) is 23.9. The molecular formula is C13H16FN3O4. The van der Waals surface area contributed by atoms with Gasteiger partial charge in [0.2, 0.25) is 0 Å². The minimum Gasteiger partial charge on any atom is -0.373 e. The highest BCUT2D eigenvalue weighted by Crippen LogP contribution is 2.19. The molecule has 2 rings (SSSR count). The van der Waals surface area contributed by atoms with E-state index in [-0.39, 0.29) is 17.4 Å². The average molecular weight is 297 g/mol. The number of nitrogens with zero attached hydrogens (tertiary/aromatic N) is 2. The van der Waals surface area contributed by atoms with Gasteiger partial charge in [-0.1, -0.05) is 0 Å². The van der Waals surface area contributed by atoms with Crippen molar-refractivity contribution in [1.29, 1.82) is 0 Å². The predicted octanol–water partition coefficient (Wildman–Crippen LogP) is 0.794. The molecule has 1 aromatic carbocycles. The number of carbonyl (C=O) groups is 1. The Morgan fingerprint density at radius 1 is 1.62 bits per heavy atom. The number of hydrogen-bond acceptors (Lipinski definition) is 5. The van der Waals surface area contributed by atoms with E-state index in [1.807, 2.05) is 0 Å². The summed E-state index contributed by atoms with van der Waals surface area (Å²) in [6.07, 6.45) is -0.172. The van der Waals surface area contributed by atoms with Gasteiger partial charge in [-0.15, -0.1) is 0 Å². The van der Waals surface area contributed by atoms with Crippen LogP contribution in [0.25, 0.3) is 0 Å². The van der Waals surface area contributed by atoms with Crippen LogP contribution in [0.15, 0.2) is 18.2 Å². The minimum atomic E-state index is -0.762. The van der Waals surface area contributed by atoms with Crippen molar-refractivity contribution in [1.82, 2.24) is 10.2 Å². The molecule has 0 aromatic heterocycles. The molecular weight excluding hydrogens is 281 g/mol. The van der Waals surface area contributed by atoms with Crippen LogP contribution in [0, 0.1) is 15.9 Å². The lowest BCUT2D eigenvalue weighted by molar-refractivity contribution is -0.384. The molecule has 0 aliphatic carbocycles. The molecule has 1 N–H and O–H groups in total. The van der Waals surface area contributed by atoms with Gasteiger partial charge >= 0.3 is 0 Å². The van der Waals surface area contributed by atoms with Gasteiger partial charge in [0.1, 0.15) is 5.82 Å². The first-order valence-electron chi connectivity index (χ1n) is 6.52. The Morgan fingerprint density at radius 2 is 2.38 bits per heavy atom. The molecule has 7 nitrogen and oxygen atoms in total. The maximum absolute atomic E-state index is 13.8. The number of morpholine rings is 1. The van der Waals surface area contributed by atoms with Gasteiger partial charge in [-0.05, 0) is 13.1 Å². The molecule has 0 bridgehead atoms. The van der Waals surface area contributed by atoms with E-state index in [2.05, 4.69) is 5.32 Å². The summed E-state index contributed by atoms with van der Waals surface area (Å²) in [5, 5.41) is 13.7. The number of amides is 1. The van der Waals surface area contributed by atoms with Crippen LogP contribution in [0.2, 0.25) is 0 Å². The summed E-state index contributed by atoms with van der Waals surface area (Å²) in [5.41, 5.74) is -0.589. The first kappa shape index (κ1) is 15.3. The Morgan fingerprint density at radius 3 is 3.05 bits per heavy atom. The van der Waals surface area contributed by atoms with Crippen LogP contribution in [0.1, 0.15) is 10.4 Å². The molecule has 8 heteroatoms. The topological polar surface area (TPSA) is 84.7 Å². The molecule has 1 saturated heterocycles. The number of likely N-dealkylation sites (N-methyl/N-ethyl adjacent to an activating group) is 1. The van der Waals surface area contributed by atoms with Crippen LogP contribution in [0.5, 0.6) is 0 Å². The van der Waals surface area contributed by atoms with Crippen LogP contribution >= 0.6 is 0 Å². The lowest BCUT2D eigenvalue weighted by atomic mass is 10.1. The maximum atomic E-state index is 13.8. The van der Waals surface area contributed by atoms with Crippen LogP contribution in [-0.2, 0) is 4.74 Å². The largest absolute Gasteiger partial charge is 0.373 e. The van der Waals surface area contributed by atoms with Crippen molar-refractivity contribution in [2.45, 2.75) is 6.10 Å². The van der Waals surface area contributed by atoms with Crippen molar-refractivity contribution in [2.75, 3.05) is 33.3 Å². The van der Waals surface area contributed by atoms with Crippen molar-refractivity contribution >= 4 is 11.6 Å². The van der Waals surface area contributed by atoms with Crippen LogP contribution in [-0.4, -0.2) is 55.1 Å². The predicted molar refractivity (Wildman–Crippen MR) is 72.6 cm³/mol. The number of ether oxygens (including phenoxy) is 1. The lowest BCUT2D eigenvalue weighted by Gasteiger charge is -2.33. The van der Waals surface area contributed by atoms with Gasteiger partial charge in [-0.3, -0.25) is 14.9 Å². The van der Waals surface area contributed by atoms with Gasteiger partial charge in [0, 0.05) is 31.8 Å². The van der Waals surface area contributed by atoms with E-state index in [0.717, 1.165) is 18.2 Å². The molecule has 1 atom stereocenters. The number of halogens is 1. The van der Waals surface area contributed by atoms with Gasteiger partial charge < -0.3 is 15.0 Å². The number of carbonyl (C=O) groups excluding carboxylic acids is 1. The zero-order valence-electron chi connectivity index (χ0n) is 11.5. The van der Waals surface area contributed by atoms with Crippen molar-refractivity contribution in [3.8, 4) is 0 Å². The molecule has 1 aromatic rings. The lowest BCUT2D eigenvalue weighted by Crippen LogP contribution is -2.48. The Bertz CT molecular complexity index is 550. The molecule has 114 valence electrons. The zero-order valence-corrected chi connectivity index (χ0v) is 11.5. The van der Waals surface area contributed by atoms with Gasteiger partial charge in [-0.25, -0.2) is 4.39 Å². The third-order valence-electron chi connectivity index (χ3n) is 3.25. The summed E-state index contributed by atoms with van der Waals surface area (Å²) in [7, 11) is 1.77. The van der Waals surface area contributed by atoms with Crippen LogP contribution in [0.3, 0.4) is 0 Å². The Labute approximate surface area is 120 Å². The SMILES string of the molecule is CNCC1CN(C(=O)c2cc([N+](=O)[O-])ccc2F)CCO1. The maximum Gasteiger partial charge on any atom is 0.270 e. The van der Waals surface area contributed by atoms with Gasteiger partial charge in [-0.2, -0.15) is 0 Å². The fraction of sp³-hybridized carbons (Fsp3) is 0.462. The van der Waals surface area contributed by atoms with E-state index in [9.17, 15) is 19.3 Å². The molecule has 1 heterocycles. The average Bonchev–Trinajstić information content (AvgIpc) is 2.47. The molecule has 1 fully saturated rings. The normalized spacial score (nSPS) is 18.6.